The van der Waals surface area contributed by atoms with Crippen LogP contribution in [0.1, 0.15) is 80.5 Å². The number of hydrogen-bond acceptors (Lipinski definition) is 6. The molecule has 2 amide bonds. The smallest absolute Gasteiger partial charge is 0.355 e. The maximum Gasteiger partial charge on any atom is 0.355 e. The summed E-state index contributed by atoms with van der Waals surface area (Å²) in [5.74, 6) is -0.938. The second-order valence-corrected chi connectivity index (χ2v) is 12.3. The van der Waals surface area contributed by atoms with Crippen molar-refractivity contribution >= 4 is 40.3 Å². The van der Waals surface area contributed by atoms with Crippen LogP contribution in [0.5, 0.6) is 0 Å². The van der Waals surface area contributed by atoms with Gasteiger partial charge < -0.3 is 25.3 Å². The molecule has 0 radical (unpaired) electrons. The summed E-state index contributed by atoms with van der Waals surface area (Å²) >= 11 is 6.29. The monoisotopic (exact) mass is 623 g/mol. The summed E-state index contributed by atoms with van der Waals surface area (Å²) in [6.07, 6.45) is 5.11. The molecule has 1 aliphatic rings. The molecular weight excluding hydrogens is 578 g/mol. The number of amides is 2. The number of carbonyl (C=O) groups is 3. The van der Waals surface area contributed by atoms with Crippen molar-refractivity contribution in [2.75, 3.05) is 32.8 Å². The van der Waals surface area contributed by atoms with E-state index in [9.17, 15) is 14.4 Å². The van der Waals surface area contributed by atoms with E-state index in [0.29, 0.717) is 41.0 Å². The molecule has 2 aromatic carbocycles. The minimum Gasteiger partial charge on any atom is -0.461 e. The Morgan fingerprint density at radius 2 is 1.75 bits per heavy atom. The molecule has 0 spiro atoms. The van der Waals surface area contributed by atoms with E-state index in [1.165, 1.54) is 19.3 Å². The van der Waals surface area contributed by atoms with Gasteiger partial charge in [-0.05, 0) is 75.9 Å². The van der Waals surface area contributed by atoms with E-state index in [4.69, 9.17) is 16.3 Å². The highest BCUT2D eigenvalue weighted by Gasteiger charge is 2.34. The zero-order valence-electron chi connectivity index (χ0n) is 26.1. The maximum atomic E-state index is 14.0. The Hall–Kier alpha value is -3.40. The van der Waals surface area contributed by atoms with Gasteiger partial charge in [-0.25, -0.2) is 4.79 Å². The SMILES string of the molecule is CCOC(=O)c1[nH]c2cc(Cl)ccc2c1C(NC(CC(C)C)C(=O)NCCCN1CCCCC1)C(=O)NCc1ccccc1. The number of H-pyrrole nitrogens is 1. The van der Waals surface area contributed by atoms with Crippen molar-refractivity contribution in [2.45, 2.75) is 71.5 Å². The molecule has 2 atom stereocenters. The number of nitrogens with one attached hydrogen (secondary N) is 4. The molecule has 1 saturated heterocycles. The Kier molecular flexibility index (Phi) is 12.6. The van der Waals surface area contributed by atoms with Crippen LogP contribution in [-0.4, -0.2) is 66.5 Å². The average Bonchev–Trinajstić information content (AvgIpc) is 3.39. The van der Waals surface area contributed by atoms with Crippen molar-refractivity contribution in [2.24, 2.45) is 5.92 Å². The number of esters is 1. The fourth-order valence-corrected chi connectivity index (χ4v) is 5.95. The molecule has 10 heteroatoms. The summed E-state index contributed by atoms with van der Waals surface area (Å²) in [6, 6.07) is 13.1. The van der Waals surface area contributed by atoms with Gasteiger partial charge in [-0.3, -0.25) is 14.9 Å². The number of nitrogens with zero attached hydrogens (tertiary/aromatic N) is 1. The number of piperidine rings is 1. The van der Waals surface area contributed by atoms with Gasteiger partial charge in [0.25, 0.3) is 0 Å². The van der Waals surface area contributed by atoms with Crippen LogP contribution in [0.15, 0.2) is 48.5 Å². The van der Waals surface area contributed by atoms with Crippen molar-refractivity contribution in [3.8, 4) is 0 Å². The summed E-state index contributed by atoms with van der Waals surface area (Å²) < 4.78 is 5.37. The Balaban J connectivity index is 1.62. The van der Waals surface area contributed by atoms with Crippen LogP contribution in [0.2, 0.25) is 5.02 Å². The molecule has 2 unspecified atom stereocenters. The van der Waals surface area contributed by atoms with Crippen LogP contribution in [0.4, 0.5) is 0 Å². The highest BCUT2D eigenvalue weighted by Crippen LogP contribution is 2.32. The molecule has 1 aliphatic heterocycles. The predicted molar refractivity (Wildman–Crippen MR) is 175 cm³/mol. The highest BCUT2D eigenvalue weighted by molar-refractivity contribution is 6.31. The molecule has 2 heterocycles. The van der Waals surface area contributed by atoms with Gasteiger partial charge in [-0.1, -0.05) is 68.3 Å². The first-order valence-electron chi connectivity index (χ1n) is 15.8. The van der Waals surface area contributed by atoms with E-state index >= 15 is 0 Å². The van der Waals surface area contributed by atoms with Gasteiger partial charge in [-0.15, -0.1) is 0 Å². The topological polar surface area (TPSA) is 116 Å². The lowest BCUT2D eigenvalue weighted by Gasteiger charge is -2.28. The molecule has 1 fully saturated rings. The van der Waals surface area contributed by atoms with Crippen LogP contribution < -0.4 is 16.0 Å². The average molecular weight is 624 g/mol. The lowest BCUT2D eigenvalue weighted by atomic mass is 9.97. The van der Waals surface area contributed by atoms with Crippen LogP contribution in [0.3, 0.4) is 0 Å². The number of halogens is 1. The number of fused-ring (bicyclic) bond motifs is 1. The van der Waals surface area contributed by atoms with E-state index in [0.717, 1.165) is 31.6 Å². The summed E-state index contributed by atoms with van der Waals surface area (Å²) in [7, 11) is 0. The number of likely N-dealkylation sites (tertiary alicyclic amines) is 1. The standard InChI is InChI=1S/C34H46ClN5O4/c1-4-44-34(43)31-29(26-15-14-25(35)21-27(26)38-31)30(33(42)37-22-24-12-7-5-8-13-24)39-28(20-23(2)3)32(41)36-16-11-19-40-17-9-6-10-18-40/h5,7-8,12-15,21,23,28,30,38-39H,4,6,9-11,16-20,22H2,1-3H3,(H,36,41)(H,37,42). The van der Waals surface area contributed by atoms with E-state index in [-0.39, 0.29) is 30.0 Å². The molecule has 0 aliphatic carbocycles. The number of aromatic nitrogens is 1. The van der Waals surface area contributed by atoms with Gasteiger partial charge in [0.15, 0.2) is 0 Å². The second kappa shape index (κ2) is 16.6. The van der Waals surface area contributed by atoms with Gasteiger partial charge in [0.05, 0.1) is 12.6 Å². The van der Waals surface area contributed by atoms with Crippen LogP contribution in [-0.2, 0) is 20.9 Å². The lowest BCUT2D eigenvalue weighted by Crippen LogP contribution is -2.50. The number of rotatable bonds is 15. The first-order chi connectivity index (χ1) is 21.3. The minimum atomic E-state index is -1.03. The molecule has 4 N–H and O–H groups in total. The zero-order valence-corrected chi connectivity index (χ0v) is 26.8. The Labute approximate surface area is 265 Å². The van der Waals surface area contributed by atoms with E-state index < -0.39 is 18.1 Å². The fraction of sp³-hybridized carbons (Fsp3) is 0.500. The van der Waals surface area contributed by atoms with Crippen molar-refractivity contribution in [3.63, 3.8) is 0 Å². The first-order valence-corrected chi connectivity index (χ1v) is 16.2. The summed E-state index contributed by atoms with van der Waals surface area (Å²) in [5, 5.41) is 10.6. The maximum absolute atomic E-state index is 14.0. The van der Waals surface area contributed by atoms with Crippen LogP contribution in [0.25, 0.3) is 10.9 Å². The molecule has 0 saturated carbocycles. The van der Waals surface area contributed by atoms with E-state index in [1.54, 1.807) is 25.1 Å². The van der Waals surface area contributed by atoms with Gasteiger partial charge in [0.1, 0.15) is 11.7 Å². The molecule has 4 rings (SSSR count). The number of hydrogen-bond donors (Lipinski definition) is 4. The molecule has 0 bridgehead atoms. The summed E-state index contributed by atoms with van der Waals surface area (Å²) in [4.78, 5) is 46.4. The Morgan fingerprint density at radius 1 is 1.00 bits per heavy atom. The van der Waals surface area contributed by atoms with E-state index in [1.807, 2.05) is 44.2 Å². The predicted octanol–water partition coefficient (Wildman–Crippen LogP) is 5.35. The number of ether oxygens (including phenoxy) is 1. The first kappa shape index (κ1) is 33.5. The van der Waals surface area contributed by atoms with Crippen molar-refractivity contribution in [1.29, 1.82) is 0 Å². The van der Waals surface area contributed by atoms with Crippen molar-refractivity contribution < 1.29 is 19.1 Å². The van der Waals surface area contributed by atoms with Crippen molar-refractivity contribution in [3.05, 3.63) is 70.4 Å². The summed E-state index contributed by atoms with van der Waals surface area (Å²) in [5.41, 5.74) is 2.11. The number of aromatic amines is 1. The molecular formula is C34H46ClN5O4. The lowest BCUT2D eigenvalue weighted by molar-refractivity contribution is -0.126. The third-order valence-electron chi connectivity index (χ3n) is 7.93. The molecule has 1 aromatic heterocycles. The van der Waals surface area contributed by atoms with Gasteiger partial charge in [-0.2, -0.15) is 0 Å². The normalized spacial score (nSPS) is 15.2. The molecule has 3 aromatic rings. The summed E-state index contributed by atoms with van der Waals surface area (Å²) in [6.45, 7) is 10.0. The van der Waals surface area contributed by atoms with Crippen molar-refractivity contribution in [1.82, 2.24) is 25.8 Å². The minimum absolute atomic E-state index is 0.154. The number of carbonyl (C=O) groups excluding carboxylic acids is 3. The largest absolute Gasteiger partial charge is 0.461 e. The Bertz CT molecular complexity index is 1390. The quantitative estimate of drug-likeness (QED) is 0.134. The van der Waals surface area contributed by atoms with Crippen LogP contribution in [0, 0.1) is 5.92 Å². The van der Waals surface area contributed by atoms with Gasteiger partial charge >= 0.3 is 5.97 Å². The second-order valence-electron chi connectivity index (χ2n) is 11.9. The van der Waals surface area contributed by atoms with E-state index in [2.05, 4.69) is 25.8 Å². The zero-order chi connectivity index (χ0) is 31.5. The third-order valence-corrected chi connectivity index (χ3v) is 8.17. The molecule has 44 heavy (non-hydrogen) atoms. The molecule has 238 valence electrons. The fourth-order valence-electron chi connectivity index (χ4n) is 5.78. The highest BCUT2D eigenvalue weighted by atomic mass is 35.5. The van der Waals surface area contributed by atoms with Gasteiger partial charge in [0.2, 0.25) is 11.8 Å². The Morgan fingerprint density at radius 3 is 2.45 bits per heavy atom. The molecule has 9 nitrogen and oxygen atoms in total. The van der Waals surface area contributed by atoms with Gasteiger partial charge in [0, 0.05) is 34.6 Å². The van der Waals surface area contributed by atoms with Crippen LogP contribution >= 0.6 is 11.6 Å². The number of benzene rings is 2. The third kappa shape index (κ3) is 9.30.